The van der Waals surface area contributed by atoms with Gasteiger partial charge in [-0.3, -0.25) is 24.8 Å². The van der Waals surface area contributed by atoms with Crippen molar-refractivity contribution in [2.75, 3.05) is 18.0 Å². The molecule has 0 saturated carbocycles. The van der Waals surface area contributed by atoms with Gasteiger partial charge >= 0.3 is 5.97 Å². The number of unbranched alkanes of at least 4 members (excludes halogenated alkanes) is 2. The number of ether oxygens (including phenoxy) is 1. The number of nitrogens with one attached hydrogen (secondary N) is 2. The van der Waals surface area contributed by atoms with Crippen LogP contribution in [0.2, 0.25) is 0 Å². The number of amides is 2. The van der Waals surface area contributed by atoms with Crippen molar-refractivity contribution in [3.05, 3.63) is 89.5 Å². The zero-order valence-electron chi connectivity index (χ0n) is 25.2. The number of para-hydroxylation sites is 1. The van der Waals surface area contributed by atoms with Crippen molar-refractivity contribution in [1.29, 1.82) is 0 Å². The molecule has 238 valence electrons. The first kappa shape index (κ1) is 32.0. The van der Waals surface area contributed by atoms with Crippen molar-refractivity contribution >= 4 is 47.7 Å². The second-order valence-corrected chi connectivity index (χ2v) is 11.4. The number of hydrogen-bond acceptors (Lipinski definition) is 8. The predicted molar refractivity (Wildman–Crippen MR) is 172 cm³/mol. The van der Waals surface area contributed by atoms with E-state index in [-0.39, 0.29) is 37.2 Å². The molecule has 2 amide bonds. The number of esters is 1. The molecule has 0 radical (unpaired) electrons. The summed E-state index contributed by atoms with van der Waals surface area (Å²) in [6.07, 6.45) is 4.45. The van der Waals surface area contributed by atoms with Gasteiger partial charge in [-0.25, -0.2) is 4.79 Å². The minimum atomic E-state index is -1.45. The van der Waals surface area contributed by atoms with E-state index in [1.165, 1.54) is 4.90 Å². The van der Waals surface area contributed by atoms with Gasteiger partial charge < -0.3 is 31.1 Å². The number of nitrogens with two attached hydrogens (primary N) is 2. The Bertz CT molecular complexity index is 1660. The third-order valence-electron chi connectivity index (χ3n) is 8.32. The highest BCUT2D eigenvalue weighted by Gasteiger charge is 2.72. The Labute approximate surface area is 266 Å². The molecule has 6 N–H and O–H groups in total. The molecule has 1 fully saturated rings. The Balaban J connectivity index is 1.35. The fourth-order valence-electron chi connectivity index (χ4n) is 5.83. The summed E-state index contributed by atoms with van der Waals surface area (Å²) in [5.74, 6) is -0.939. The molecular formula is C34H36N6O6. The standard InChI is InChI=1S/C34H36N6O6/c35-32(36)37-17-6-2-3-7-23-12-15-28-27(19-23)30(44)38-21-29(43)40(28)25-13-10-24(11-14-25)20-34(33(22-42,39-34)16-18-41)31(45)46-26-8-4-1-5-9-26/h1,4-5,8-15,18-19,22,39H,2-3,6-7,16-17,20-21H2,(H,38,44)(H4,35,36,37)/t33?,34-/m0/s1. The van der Waals surface area contributed by atoms with Crippen molar-refractivity contribution in [1.82, 2.24) is 10.6 Å². The number of fused-ring (bicyclic) bond motifs is 1. The zero-order chi connectivity index (χ0) is 32.7. The molecule has 3 aromatic carbocycles. The number of guanidine groups is 1. The number of aryl methyl sites for hydroxylation is 1. The third kappa shape index (κ3) is 6.66. The lowest BCUT2D eigenvalue weighted by atomic mass is 9.85. The van der Waals surface area contributed by atoms with Gasteiger partial charge in [-0.1, -0.05) is 42.8 Å². The maximum Gasteiger partial charge on any atom is 0.334 e. The molecule has 1 unspecified atom stereocenters. The number of aliphatic imine (C=N–C) groups is 1. The van der Waals surface area contributed by atoms with E-state index in [4.69, 9.17) is 16.2 Å². The molecular weight excluding hydrogens is 588 g/mol. The molecule has 46 heavy (non-hydrogen) atoms. The van der Waals surface area contributed by atoms with Crippen LogP contribution in [0.4, 0.5) is 11.4 Å². The number of anilines is 2. The Morgan fingerprint density at radius 1 is 0.957 bits per heavy atom. The molecule has 12 heteroatoms. The van der Waals surface area contributed by atoms with Gasteiger partial charge in [0.1, 0.15) is 29.4 Å². The third-order valence-corrected chi connectivity index (χ3v) is 8.32. The number of hydrogen-bond donors (Lipinski definition) is 4. The molecule has 12 nitrogen and oxygen atoms in total. The number of nitrogens with zero attached hydrogens (tertiary/aromatic N) is 2. The van der Waals surface area contributed by atoms with Gasteiger partial charge in [0.05, 0.1) is 17.8 Å². The number of aldehydes is 2. The Morgan fingerprint density at radius 3 is 2.39 bits per heavy atom. The summed E-state index contributed by atoms with van der Waals surface area (Å²) >= 11 is 0. The zero-order valence-corrected chi connectivity index (χ0v) is 25.2. The van der Waals surface area contributed by atoms with Crippen molar-refractivity contribution in [3.8, 4) is 5.75 Å². The van der Waals surface area contributed by atoms with E-state index in [1.807, 2.05) is 12.1 Å². The summed E-state index contributed by atoms with van der Waals surface area (Å²) in [5.41, 5.74) is 10.9. The minimum absolute atomic E-state index is 0.0609. The monoisotopic (exact) mass is 624 g/mol. The highest BCUT2D eigenvalue weighted by molar-refractivity contribution is 6.13. The van der Waals surface area contributed by atoms with Gasteiger partial charge in [-0.05, 0) is 66.8 Å². The molecule has 2 aliphatic heterocycles. The largest absolute Gasteiger partial charge is 0.425 e. The lowest BCUT2D eigenvalue weighted by Crippen LogP contribution is -2.41. The number of carbonyl (C=O) groups excluding carboxylic acids is 5. The number of rotatable bonds is 14. The first-order valence-corrected chi connectivity index (χ1v) is 15.1. The first-order valence-electron chi connectivity index (χ1n) is 15.1. The normalized spacial score (nSPS) is 20.1. The SMILES string of the molecule is NC(N)=NCCCCCc1ccc2c(c1)C(=O)NCC(=O)N2c1ccc(C[C@@]2(C(=O)Oc3ccccc3)NC2(C=O)CC=O)cc1. The van der Waals surface area contributed by atoms with Gasteiger partial charge in [0.25, 0.3) is 11.8 Å². The average molecular weight is 625 g/mol. The van der Waals surface area contributed by atoms with E-state index < -0.39 is 17.0 Å². The highest BCUT2D eigenvalue weighted by atomic mass is 16.5. The fourth-order valence-corrected chi connectivity index (χ4v) is 5.83. The van der Waals surface area contributed by atoms with E-state index in [2.05, 4.69) is 15.6 Å². The smallest absolute Gasteiger partial charge is 0.334 e. The topological polar surface area (TPSA) is 196 Å². The molecule has 2 heterocycles. The fraction of sp³-hybridized carbons (Fsp3) is 0.294. The maximum absolute atomic E-state index is 13.4. The number of benzene rings is 3. The van der Waals surface area contributed by atoms with E-state index in [0.29, 0.717) is 47.4 Å². The maximum atomic E-state index is 13.4. The lowest BCUT2D eigenvalue weighted by Gasteiger charge is -2.23. The van der Waals surface area contributed by atoms with Crippen LogP contribution in [0.15, 0.2) is 77.8 Å². The van der Waals surface area contributed by atoms with Gasteiger partial charge in [0.15, 0.2) is 5.96 Å². The van der Waals surface area contributed by atoms with Crippen molar-refractivity contribution in [3.63, 3.8) is 0 Å². The molecule has 2 aliphatic rings. The summed E-state index contributed by atoms with van der Waals surface area (Å²) in [7, 11) is 0. The second kappa shape index (κ2) is 13.7. The molecule has 0 spiro atoms. The van der Waals surface area contributed by atoms with Crippen LogP contribution in [0.3, 0.4) is 0 Å². The summed E-state index contributed by atoms with van der Waals surface area (Å²) in [6.45, 7) is 0.387. The van der Waals surface area contributed by atoms with E-state index in [0.717, 1.165) is 31.2 Å². The highest BCUT2D eigenvalue weighted by Crippen LogP contribution is 2.44. The van der Waals surface area contributed by atoms with Crippen LogP contribution in [0.1, 0.15) is 47.2 Å². The van der Waals surface area contributed by atoms with Crippen LogP contribution in [-0.4, -0.2) is 60.5 Å². The molecule has 0 aromatic heterocycles. The van der Waals surface area contributed by atoms with Crippen LogP contribution in [0.25, 0.3) is 0 Å². The van der Waals surface area contributed by atoms with Crippen LogP contribution < -0.4 is 31.7 Å². The Morgan fingerprint density at radius 2 is 1.70 bits per heavy atom. The van der Waals surface area contributed by atoms with E-state index >= 15 is 0 Å². The lowest BCUT2D eigenvalue weighted by molar-refractivity contribution is -0.138. The quantitative estimate of drug-likeness (QED) is 0.0395. The molecule has 2 atom stereocenters. The molecule has 3 aromatic rings. The van der Waals surface area contributed by atoms with Crippen LogP contribution in [0, 0.1) is 0 Å². The molecule has 0 bridgehead atoms. The van der Waals surface area contributed by atoms with Crippen molar-refractivity contribution in [2.24, 2.45) is 16.5 Å². The van der Waals surface area contributed by atoms with Crippen LogP contribution >= 0.6 is 0 Å². The second-order valence-electron chi connectivity index (χ2n) is 11.4. The first-order chi connectivity index (χ1) is 22.2. The van der Waals surface area contributed by atoms with Crippen LogP contribution in [-0.2, 0) is 32.0 Å². The Hall–Kier alpha value is -5.36. The van der Waals surface area contributed by atoms with E-state index in [1.54, 1.807) is 60.7 Å². The summed E-state index contributed by atoms with van der Waals surface area (Å²) in [5, 5.41) is 5.65. The summed E-state index contributed by atoms with van der Waals surface area (Å²) < 4.78 is 5.59. The Kier molecular flexibility index (Phi) is 9.57. The summed E-state index contributed by atoms with van der Waals surface area (Å²) in [4.78, 5) is 68.7. The molecule has 0 aliphatic carbocycles. The van der Waals surface area contributed by atoms with Gasteiger partial charge in [-0.15, -0.1) is 0 Å². The molecule has 1 saturated heterocycles. The van der Waals surface area contributed by atoms with Crippen molar-refractivity contribution in [2.45, 2.75) is 49.6 Å². The predicted octanol–water partition coefficient (Wildman–Crippen LogP) is 2.10. The van der Waals surface area contributed by atoms with Crippen molar-refractivity contribution < 1.29 is 28.7 Å². The van der Waals surface area contributed by atoms with Gasteiger partial charge in [0, 0.05) is 25.1 Å². The van der Waals surface area contributed by atoms with Gasteiger partial charge in [0.2, 0.25) is 0 Å². The summed E-state index contributed by atoms with van der Waals surface area (Å²) in [6, 6.07) is 20.9. The number of carbonyl (C=O) groups is 5. The van der Waals surface area contributed by atoms with Crippen LogP contribution in [0.5, 0.6) is 5.75 Å². The minimum Gasteiger partial charge on any atom is -0.425 e. The average Bonchev–Trinajstić information content (AvgIpc) is 3.73. The van der Waals surface area contributed by atoms with E-state index in [9.17, 15) is 24.0 Å². The molecule has 5 rings (SSSR count). The van der Waals surface area contributed by atoms with Gasteiger partial charge in [-0.2, -0.15) is 0 Å².